The molecule has 1 heterocycles. The standard InChI is InChI=1S/C21H26ClN3OS/c1-3-24-12-14-25(15-13-24)20-7-5-4-6-19(20)23-21(26)16(2)27-18-10-8-17(22)9-11-18/h4-11,16H,3,12-15H2,1-2H3,(H,23,26). The smallest absolute Gasteiger partial charge is 0.237 e. The fourth-order valence-electron chi connectivity index (χ4n) is 3.17. The van der Waals surface area contributed by atoms with Crippen LogP contribution in [0.4, 0.5) is 11.4 Å². The fourth-order valence-corrected chi connectivity index (χ4v) is 4.16. The van der Waals surface area contributed by atoms with E-state index in [2.05, 4.69) is 28.1 Å². The Bertz CT molecular complexity index is 760. The molecule has 144 valence electrons. The molecule has 0 bridgehead atoms. The molecule has 0 radical (unpaired) electrons. The third kappa shape index (κ3) is 5.41. The normalized spacial score (nSPS) is 16.2. The van der Waals surface area contributed by atoms with E-state index in [0.717, 1.165) is 49.0 Å². The summed E-state index contributed by atoms with van der Waals surface area (Å²) < 4.78 is 0. The molecule has 1 atom stereocenters. The monoisotopic (exact) mass is 403 g/mol. The summed E-state index contributed by atoms with van der Waals surface area (Å²) in [5.74, 6) is 0.00888. The summed E-state index contributed by atoms with van der Waals surface area (Å²) >= 11 is 7.46. The van der Waals surface area contributed by atoms with Gasteiger partial charge in [0, 0.05) is 36.1 Å². The van der Waals surface area contributed by atoms with Crippen LogP contribution in [0.3, 0.4) is 0 Å². The van der Waals surface area contributed by atoms with Crippen LogP contribution < -0.4 is 10.2 Å². The Hall–Kier alpha value is -1.69. The lowest BCUT2D eigenvalue weighted by Gasteiger charge is -2.36. The topological polar surface area (TPSA) is 35.6 Å². The molecule has 27 heavy (non-hydrogen) atoms. The Labute approximate surface area is 170 Å². The van der Waals surface area contributed by atoms with Crippen LogP contribution in [0.5, 0.6) is 0 Å². The molecule has 6 heteroatoms. The summed E-state index contributed by atoms with van der Waals surface area (Å²) in [6.07, 6.45) is 0. The van der Waals surface area contributed by atoms with Crippen molar-refractivity contribution in [3.05, 3.63) is 53.6 Å². The van der Waals surface area contributed by atoms with Crippen LogP contribution in [-0.2, 0) is 4.79 Å². The number of hydrogen-bond acceptors (Lipinski definition) is 4. The predicted octanol–water partition coefficient (Wildman–Crippen LogP) is 4.60. The summed E-state index contributed by atoms with van der Waals surface area (Å²) in [5.41, 5.74) is 1.99. The van der Waals surface area contributed by atoms with Crippen molar-refractivity contribution in [1.29, 1.82) is 0 Å². The van der Waals surface area contributed by atoms with Crippen LogP contribution >= 0.6 is 23.4 Å². The molecular weight excluding hydrogens is 378 g/mol. The largest absolute Gasteiger partial charge is 0.367 e. The van der Waals surface area contributed by atoms with Gasteiger partial charge in [-0.2, -0.15) is 0 Å². The lowest BCUT2D eigenvalue weighted by atomic mass is 10.2. The Morgan fingerprint density at radius 2 is 1.78 bits per heavy atom. The molecule has 0 aromatic heterocycles. The number of para-hydroxylation sites is 2. The molecule has 1 saturated heterocycles. The van der Waals surface area contributed by atoms with E-state index in [9.17, 15) is 4.79 Å². The minimum absolute atomic E-state index is 0.00888. The van der Waals surface area contributed by atoms with E-state index in [4.69, 9.17) is 11.6 Å². The molecule has 1 aliphatic heterocycles. The molecule has 1 amide bonds. The van der Waals surface area contributed by atoms with Crippen LogP contribution in [0.15, 0.2) is 53.4 Å². The average molecular weight is 404 g/mol. The van der Waals surface area contributed by atoms with E-state index in [1.807, 2.05) is 49.4 Å². The van der Waals surface area contributed by atoms with Crippen molar-refractivity contribution in [3.63, 3.8) is 0 Å². The molecule has 3 rings (SSSR count). The molecular formula is C21H26ClN3OS. The quantitative estimate of drug-likeness (QED) is 0.715. The number of amides is 1. The number of piperazine rings is 1. The van der Waals surface area contributed by atoms with Crippen LogP contribution in [0.1, 0.15) is 13.8 Å². The van der Waals surface area contributed by atoms with Gasteiger partial charge in [0.2, 0.25) is 5.91 Å². The van der Waals surface area contributed by atoms with E-state index in [-0.39, 0.29) is 11.2 Å². The van der Waals surface area contributed by atoms with Gasteiger partial charge in [0.05, 0.1) is 16.6 Å². The van der Waals surface area contributed by atoms with Crippen molar-refractivity contribution in [1.82, 2.24) is 4.90 Å². The lowest BCUT2D eigenvalue weighted by molar-refractivity contribution is -0.115. The molecule has 1 fully saturated rings. The second-order valence-electron chi connectivity index (χ2n) is 6.64. The SMILES string of the molecule is CCN1CCN(c2ccccc2NC(=O)C(C)Sc2ccc(Cl)cc2)CC1. The highest BCUT2D eigenvalue weighted by Gasteiger charge is 2.20. The van der Waals surface area contributed by atoms with E-state index in [1.54, 1.807) is 0 Å². The first-order chi connectivity index (χ1) is 13.1. The summed E-state index contributed by atoms with van der Waals surface area (Å²) in [5, 5.41) is 3.63. The van der Waals surface area contributed by atoms with E-state index in [1.165, 1.54) is 11.8 Å². The zero-order chi connectivity index (χ0) is 19.2. The Morgan fingerprint density at radius 1 is 1.11 bits per heavy atom. The highest BCUT2D eigenvalue weighted by Crippen LogP contribution is 2.29. The van der Waals surface area contributed by atoms with Gasteiger partial charge in [-0.05, 0) is 49.9 Å². The van der Waals surface area contributed by atoms with Gasteiger partial charge < -0.3 is 15.1 Å². The molecule has 2 aromatic carbocycles. The van der Waals surface area contributed by atoms with Crippen molar-refractivity contribution in [2.45, 2.75) is 24.0 Å². The van der Waals surface area contributed by atoms with Gasteiger partial charge >= 0.3 is 0 Å². The average Bonchev–Trinajstić information content (AvgIpc) is 2.70. The molecule has 0 spiro atoms. The number of thioether (sulfide) groups is 1. The molecule has 1 N–H and O–H groups in total. The van der Waals surface area contributed by atoms with Gasteiger partial charge in [-0.15, -0.1) is 11.8 Å². The zero-order valence-electron chi connectivity index (χ0n) is 15.8. The summed E-state index contributed by atoms with van der Waals surface area (Å²) in [4.78, 5) is 18.6. The third-order valence-electron chi connectivity index (χ3n) is 4.82. The number of halogens is 1. The van der Waals surface area contributed by atoms with Crippen molar-refractivity contribution < 1.29 is 4.79 Å². The number of rotatable bonds is 6. The van der Waals surface area contributed by atoms with Gasteiger partial charge in [-0.25, -0.2) is 0 Å². The van der Waals surface area contributed by atoms with Crippen LogP contribution in [0.2, 0.25) is 5.02 Å². The van der Waals surface area contributed by atoms with E-state index < -0.39 is 0 Å². The predicted molar refractivity (Wildman–Crippen MR) is 116 cm³/mol. The molecule has 1 unspecified atom stereocenters. The third-order valence-corrected chi connectivity index (χ3v) is 6.18. The second-order valence-corrected chi connectivity index (χ2v) is 8.49. The maximum Gasteiger partial charge on any atom is 0.237 e. The van der Waals surface area contributed by atoms with Gasteiger partial charge in [-0.3, -0.25) is 4.79 Å². The maximum atomic E-state index is 12.7. The van der Waals surface area contributed by atoms with Crippen molar-refractivity contribution in [2.75, 3.05) is 42.9 Å². The van der Waals surface area contributed by atoms with Gasteiger partial charge in [0.15, 0.2) is 0 Å². The van der Waals surface area contributed by atoms with E-state index in [0.29, 0.717) is 5.02 Å². The Balaban J connectivity index is 1.64. The Morgan fingerprint density at radius 3 is 2.44 bits per heavy atom. The number of nitrogens with zero attached hydrogens (tertiary/aromatic N) is 2. The number of carbonyl (C=O) groups excluding carboxylic acids is 1. The maximum absolute atomic E-state index is 12.7. The fraction of sp³-hybridized carbons (Fsp3) is 0.381. The van der Waals surface area contributed by atoms with Gasteiger partial charge in [0.25, 0.3) is 0 Å². The van der Waals surface area contributed by atoms with Crippen molar-refractivity contribution in [2.24, 2.45) is 0 Å². The molecule has 2 aromatic rings. The highest BCUT2D eigenvalue weighted by molar-refractivity contribution is 8.00. The first-order valence-electron chi connectivity index (χ1n) is 9.36. The van der Waals surface area contributed by atoms with Crippen LogP contribution in [0, 0.1) is 0 Å². The van der Waals surface area contributed by atoms with Crippen LogP contribution in [0.25, 0.3) is 0 Å². The number of likely N-dealkylation sites (N-methyl/N-ethyl adjacent to an activating group) is 1. The molecule has 4 nitrogen and oxygen atoms in total. The zero-order valence-corrected chi connectivity index (χ0v) is 17.4. The summed E-state index contributed by atoms with van der Waals surface area (Å²) in [6, 6.07) is 15.7. The number of carbonyl (C=O) groups is 1. The lowest BCUT2D eigenvalue weighted by Crippen LogP contribution is -2.46. The number of benzene rings is 2. The van der Waals surface area contributed by atoms with Crippen molar-refractivity contribution >= 4 is 40.6 Å². The Kier molecular flexibility index (Phi) is 7.05. The number of hydrogen-bond donors (Lipinski definition) is 1. The number of nitrogens with one attached hydrogen (secondary N) is 1. The molecule has 1 aliphatic rings. The second kappa shape index (κ2) is 9.49. The van der Waals surface area contributed by atoms with Gasteiger partial charge in [0.1, 0.15) is 0 Å². The number of anilines is 2. The highest BCUT2D eigenvalue weighted by atomic mass is 35.5. The van der Waals surface area contributed by atoms with E-state index >= 15 is 0 Å². The van der Waals surface area contributed by atoms with Crippen molar-refractivity contribution in [3.8, 4) is 0 Å². The summed E-state index contributed by atoms with van der Waals surface area (Å²) in [6.45, 7) is 9.29. The van der Waals surface area contributed by atoms with Gasteiger partial charge in [-0.1, -0.05) is 30.7 Å². The first-order valence-corrected chi connectivity index (χ1v) is 10.6. The first kappa shape index (κ1) is 20.1. The van der Waals surface area contributed by atoms with Crippen LogP contribution in [-0.4, -0.2) is 48.8 Å². The minimum atomic E-state index is -0.198. The molecule has 0 aliphatic carbocycles. The summed E-state index contributed by atoms with van der Waals surface area (Å²) in [7, 11) is 0. The molecule has 0 saturated carbocycles. The minimum Gasteiger partial charge on any atom is -0.367 e.